The van der Waals surface area contributed by atoms with Crippen molar-refractivity contribution < 1.29 is 4.79 Å². The summed E-state index contributed by atoms with van der Waals surface area (Å²) in [5.41, 5.74) is 2.95. The van der Waals surface area contributed by atoms with Crippen LogP contribution < -0.4 is 5.32 Å². The van der Waals surface area contributed by atoms with Gasteiger partial charge in [0.25, 0.3) is 0 Å². The van der Waals surface area contributed by atoms with Crippen molar-refractivity contribution in [3.8, 4) is 0 Å². The highest BCUT2D eigenvalue weighted by Gasteiger charge is 2.17. The number of aromatic nitrogens is 4. The van der Waals surface area contributed by atoms with Crippen LogP contribution in [0.4, 0.5) is 5.69 Å². The first-order valence-electron chi connectivity index (χ1n) is 13.4. The number of amides is 1. The van der Waals surface area contributed by atoms with Crippen LogP contribution in [-0.2, 0) is 24.4 Å². The van der Waals surface area contributed by atoms with Crippen LogP contribution in [0.25, 0.3) is 10.9 Å². The van der Waals surface area contributed by atoms with Gasteiger partial charge >= 0.3 is 0 Å². The predicted molar refractivity (Wildman–Crippen MR) is 141 cm³/mol. The van der Waals surface area contributed by atoms with E-state index in [1.807, 2.05) is 18.3 Å². The van der Waals surface area contributed by atoms with Crippen LogP contribution in [0.15, 0.2) is 36.7 Å². The Balaban J connectivity index is 1.24. The van der Waals surface area contributed by atoms with E-state index in [2.05, 4.69) is 62.2 Å². The number of hydrogen-bond donors (Lipinski definition) is 1. The Hall–Kier alpha value is -2.71. The standard InChI is InChI=1S/C27H41N7O/c1-3-5-6-7-8-9-13-33-14-12-23-19-24(10-11-26(23)33)28-27(35)22-34-21-25(29-30-34)20-32-17-15-31(4-2)16-18-32/h10-12,14,19,21H,3-9,13,15-18,20,22H2,1-2H3,(H,28,35). The van der Waals surface area contributed by atoms with Crippen LogP contribution in [0.2, 0.25) is 0 Å². The molecule has 0 saturated carbocycles. The second kappa shape index (κ2) is 12.8. The minimum absolute atomic E-state index is 0.0936. The zero-order chi connectivity index (χ0) is 24.5. The van der Waals surface area contributed by atoms with Crippen LogP contribution in [0.3, 0.4) is 0 Å². The van der Waals surface area contributed by atoms with Crippen LogP contribution in [0.5, 0.6) is 0 Å². The number of anilines is 1. The van der Waals surface area contributed by atoms with Gasteiger partial charge < -0.3 is 14.8 Å². The zero-order valence-electron chi connectivity index (χ0n) is 21.5. The molecule has 1 N–H and O–H groups in total. The number of hydrogen-bond acceptors (Lipinski definition) is 5. The normalized spacial score (nSPS) is 15.1. The summed E-state index contributed by atoms with van der Waals surface area (Å²) < 4.78 is 3.95. The molecule has 0 bridgehead atoms. The third-order valence-corrected chi connectivity index (χ3v) is 7.00. The van der Waals surface area contributed by atoms with Gasteiger partial charge in [0.05, 0.1) is 11.9 Å². The summed E-state index contributed by atoms with van der Waals surface area (Å²) in [6, 6.07) is 8.27. The Bertz CT molecular complexity index is 1060. The van der Waals surface area contributed by atoms with Gasteiger partial charge in [-0.05, 0) is 37.2 Å². The SMILES string of the molecule is CCCCCCCCn1ccc2cc(NC(=O)Cn3cc(CN4CCN(CC)CC4)nn3)ccc21. The predicted octanol–water partition coefficient (Wildman–Crippen LogP) is 4.37. The molecule has 0 radical (unpaired) electrons. The van der Waals surface area contributed by atoms with E-state index in [0.29, 0.717) is 0 Å². The van der Waals surface area contributed by atoms with E-state index in [4.69, 9.17) is 0 Å². The van der Waals surface area contributed by atoms with Gasteiger partial charge in [-0.25, -0.2) is 4.68 Å². The van der Waals surface area contributed by atoms with Crippen molar-refractivity contribution in [1.29, 1.82) is 0 Å². The first-order valence-corrected chi connectivity index (χ1v) is 13.4. The number of rotatable bonds is 13. The molecule has 1 amide bonds. The van der Waals surface area contributed by atoms with Crippen LogP contribution in [-0.4, -0.2) is 68.0 Å². The number of aryl methyl sites for hydroxylation is 1. The topological polar surface area (TPSA) is 71.2 Å². The molecular formula is C27H41N7O. The molecule has 4 rings (SSSR count). The van der Waals surface area contributed by atoms with Gasteiger partial charge in [-0.2, -0.15) is 0 Å². The van der Waals surface area contributed by atoms with Gasteiger partial charge in [-0.15, -0.1) is 5.10 Å². The van der Waals surface area contributed by atoms with Crippen molar-refractivity contribution in [2.45, 2.75) is 72.0 Å². The number of fused-ring (bicyclic) bond motifs is 1. The number of benzene rings is 1. The number of nitrogens with zero attached hydrogens (tertiary/aromatic N) is 6. The fraction of sp³-hybridized carbons (Fsp3) is 0.593. The number of carbonyl (C=O) groups excluding carboxylic acids is 1. The van der Waals surface area contributed by atoms with Crippen LogP contribution >= 0.6 is 0 Å². The highest BCUT2D eigenvalue weighted by molar-refractivity contribution is 5.93. The molecule has 0 spiro atoms. The molecule has 1 aromatic carbocycles. The number of piperazine rings is 1. The van der Waals surface area contributed by atoms with Crippen LogP contribution in [0.1, 0.15) is 58.1 Å². The molecule has 8 heteroatoms. The largest absolute Gasteiger partial charge is 0.347 e. The van der Waals surface area contributed by atoms with Gasteiger partial charge in [-0.1, -0.05) is 51.2 Å². The second-order valence-electron chi connectivity index (χ2n) is 9.72. The van der Waals surface area contributed by atoms with E-state index in [0.717, 1.165) is 62.6 Å². The molecule has 0 aliphatic carbocycles. The molecule has 1 aliphatic heterocycles. The molecule has 8 nitrogen and oxygen atoms in total. The Labute approximate surface area is 209 Å². The van der Waals surface area contributed by atoms with E-state index >= 15 is 0 Å². The molecule has 190 valence electrons. The Morgan fingerprint density at radius 2 is 1.74 bits per heavy atom. The van der Waals surface area contributed by atoms with Crippen molar-refractivity contribution in [1.82, 2.24) is 29.4 Å². The van der Waals surface area contributed by atoms with Crippen molar-refractivity contribution in [3.63, 3.8) is 0 Å². The van der Waals surface area contributed by atoms with Gasteiger partial charge in [0, 0.05) is 62.1 Å². The van der Waals surface area contributed by atoms with Crippen molar-refractivity contribution in [2.24, 2.45) is 0 Å². The van der Waals surface area contributed by atoms with Crippen molar-refractivity contribution in [3.05, 3.63) is 42.4 Å². The Morgan fingerprint density at radius 3 is 2.54 bits per heavy atom. The number of carbonyl (C=O) groups is 1. The second-order valence-corrected chi connectivity index (χ2v) is 9.72. The molecule has 3 aromatic rings. The van der Waals surface area contributed by atoms with Gasteiger partial charge in [0.1, 0.15) is 6.54 Å². The summed E-state index contributed by atoms with van der Waals surface area (Å²) in [6.45, 7) is 11.8. The minimum atomic E-state index is -0.0936. The van der Waals surface area contributed by atoms with E-state index in [-0.39, 0.29) is 12.5 Å². The summed E-state index contributed by atoms with van der Waals surface area (Å²) in [5.74, 6) is -0.0936. The highest BCUT2D eigenvalue weighted by atomic mass is 16.2. The Morgan fingerprint density at radius 1 is 0.971 bits per heavy atom. The zero-order valence-corrected chi connectivity index (χ0v) is 21.5. The summed E-state index contributed by atoms with van der Waals surface area (Å²) in [5, 5.41) is 12.6. The lowest BCUT2D eigenvalue weighted by Crippen LogP contribution is -2.45. The number of likely N-dealkylation sites (N-methyl/N-ethyl adjacent to an activating group) is 1. The molecule has 3 heterocycles. The lowest BCUT2D eigenvalue weighted by Gasteiger charge is -2.33. The molecule has 0 unspecified atom stereocenters. The van der Waals surface area contributed by atoms with Gasteiger partial charge in [0.2, 0.25) is 5.91 Å². The van der Waals surface area contributed by atoms with E-state index in [9.17, 15) is 4.79 Å². The molecular weight excluding hydrogens is 438 g/mol. The summed E-state index contributed by atoms with van der Waals surface area (Å²) >= 11 is 0. The lowest BCUT2D eigenvalue weighted by molar-refractivity contribution is -0.116. The fourth-order valence-corrected chi connectivity index (χ4v) is 4.86. The average molecular weight is 480 g/mol. The summed E-state index contributed by atoms with van der Waals surface area (Å²) in [4.78, 5) is 17.5. The minimum Gasteiger partial charge on any atom is -0.347 e. The van der Waals surface area contributed by atoms with E-state index in [1.165, 1.54) is 44.0 Å². The molecule has 1 fully saturated rings. The van der Waals surface area contributed by atoms with Gasteiger partial charge in [-0.3, -0.25) is 9.69 Å². The maximum absolute atomic E-state index is 12.6. The van der Waals surface area contributed by atoms with E-state index in [1.54, 1.807) is 4.68 Å². The lowest BCUT2D eigenvalue weighted by atomic mass is 10.1. The molecule has 0 atom stereocenters. The van der Waals surface area contributed by atoms with Crippen molar-refractivity contribution >= 4 is 22.5 Å². The first kappa shape index (κ1) is 25.4. The van der Waals surface area contributed by atoms with E-state index < -0.39 is 0 Å². The maximum Gasteiger partial charge on any atom is 0.246 e. The fourth-order valence-electron chi connectivity index (χ4n) is 4.86. The average Bonchev–Trinajstić information content (AvgIpc) is 3.48. The molecule has 35 heavy (non-hydrogen) atoms. The Kier molecular flexibility index (Phi) is 9.31. The monoisotopic (exact) mass is 479 g/mol. The summed E-state index contributed by atoms with van der Waals surface area (Å²) in [6.07, 6.45) is 11.8. The smallest absolute Gasteiger partial charge is 0.246 e. The number of nitrogens with one attached hydrogen (secondary N) is 1. The van der Waals surface area contributed by atoms with Crippen LogP contribution in [0, 0.1) is 0 Å². The first-order chi connectivity index (χ1) is 17.1. The molecule has 1 saturated heterocycles. The highest BCUT2D eigenvalue weighted by Crippen LogP contribution is 2.21. The van der Waals surface area contributed by atoms with Crippen molar-refractivity contribution in [2.75, 3.05) is 38.0 Å². The third kappa shape index (κ3) is 7.39. The molecule has 1 aliphatic rings. The van der Waals surface area contributed by atoms with Gasteiger partial charge in [0.15, 0.2) is 0 Å². The number of unbranched alkanes of at least 4 members (excludes halogenated alkanes) is 5. The third-order valence-electron chi connectivity index (χ3n) is 7.00. The summed E-state index contributed by atoms with van der Waals surface area (Å²) in [7, 11) is 0. The molecule has 2 aromatic heterocycles. The quantitative estimate of drug-likeness (QED) is 0.369. The maximum atomic E-state index is 12.6.